The van der Waals surface area contributed by atoms with Crippen molar-refractivity contribution in [3.63, 3.8) is 0 Å². The van der Waals surface area contributed by atoms with E-state index >= 15 is 0 Å². The molecule has 0 saturated carbocycles. The van der Waals surface area contributed by atoms with E-state index in [1.165, 1.54) is 6.07 Å². The monoisotopic (exact) mass is 411 g/mol. The number of halogens is 3. The Bertz CT molecular complexity index is 849. The number of hydrogen-bond donors (Lipinski definition) is 1. The van der Waals surface area contributed by atoms with Gasteiger partial charge in [0.2, 0.25) is 17.7 Å². The molecule has 2 heterocycles. The van der Waals surface area contributed by atoms with Gasteiger partial charge in [0, 0.05) is 25.5 Å². The lowest BCUT2D eigenvalue weighted by Gasteiger charge is -2.35. The summed E-state index contributed by atoms with van der Waals surface area (Å²) in [7, 11) is 0. The molecule has 1 aromatic heterocycles. The molecular formula is C20H24F3N3O3. The number of aryl methyl sites for hydroxylation is 1. The number of ether oxygens (including phenoxy) is 1. The minimum Gasteiger partial charge on any atom is -0.425 e. The molecular weight excluding hydrogens is 387 g/mol. The van der Waals surface area contributed by atoms with Crippen LogP contribution in [0.25, 0.3) is 0 Å². The minimum absolute atomic E-state index is 0.0744. The molecule has 1 saturated heterocycles. The molecule has 1 fully saturated rings. The van der Waals surface area contributed by atoms with E-state index in [9.17, 15) is 18.0 Å². The molecule has 2 aromatic rings. The molecule has 6 nitrogen and oxygen atoms in total. The highest BCUT2D eigenvalue weighted by Gasteiger charge is 2.31. The first-order valence-electron chi connectivity index (χ1n) is 9.51. The zero-order chi connectivity index (χ0) is 21.1. The molecule has 29 heavy (non-hydrogen) atoms. The second kappa shape index (κ2) is 8.52. The molecule has 1 amide bonds. The summed E-state index contributed by atoms with van der Waals surface area (Å²) in [6.07, 6.45) is -2.31. The first kappa shape index (κ1) is 21.3. The Morgan fingerprint density at radius 3 is 2.76 bits per heavy atom. The predicted octanol–water partition coefficient (Wildman–Crippen LogP) is 3.69. The molecule has 0 radical (unpaired) electrons. The van der Waals surface area contributed by atoms with Gasteiger partial charge in [-0.1, -0.05) is 18.2 Å². The van der Waals surface area contributed by atoms with Crippen LogP contribution >= 0.6 is 0 Å². The molecule has 1 aliphatic rings. The number of alkyl halides is 3. The largest absolute Gasteiger partial charge is 0.425 e. The van der Waals surface area contributed by atoms with Crippen molar-refractivity contribution in [2.45, 2.75) is 63.8 Å². The van der Waals surface area contributed by atoms with E-state index in [1.54, 1.807) is 6.07 Å². The van der Waals surface area contributed by atoms with Crippen molar-refractivity contribution in [1.29, 1.82) is 0 Å². The zero-order valence-electron chi connectivity index (χ0n) is 16.4. The van der Waals surface area contributed by atoms with E-state index in [0.717, 1.165) is 25.0 Å². The molecule has 0 aliphatic carbocycles. The van der Waals surface area contributed by atoms with E-state index in [-0.39, 0.29) is 48.6 Å². The molecule has 1 atom stereocenters. The van der Waals surface area contributed by atoms with Crippen LogP contribution in [0.1, 0.15) is 56.0 Å². The summed E-state index contributed by atoms with van der Waals surface area (Å²) in [4.78, 5) is 12.2. The maximum atomic E-state index is 12.8. The molecule has 1 unspecified atom stereocenters. The summed E-state index contributed by atoms with van der Waals surface area (Å²) in [6, 6.07) is 5.07. The van der Waals surface area contributed by atoms with Crippen molar-refractivity contribution in [3.8, 4) is 0 Å². The average molecular weight is 411 g/mol. The van der Waals surface area contributed by atoms with Gasteiger partial charge >= 0.3 is 6.18 Å². The van der Waals surface area contributed by atoms with E-state index in [0.29, 0.717) is 12.2 Å². The van der Waals surface area contributed by atoms with E-state index in [2.05, 4.69) is 15.5 Å². The Hall–Kier alpha value is -2.42. The van der Waals surface area contributed by atoms with Crippen LogP contribution < -0.4 is 5.32 Å². The topological polar surface area (TPSA) is 77.3 Å². The molecule has 1 N–H and O–H groups in total. The molecule has 9 heteroatoms. The number of benzene rings is 1. The Kier molecular flexibility index (Phi) is 6.26. The van der Waals surface area contributed by atoms with Crippen molar-refractivity contribution in [3.05, 3.63) is 47.2 Å². The first-order valence-corrected chi connectivity index (χ1v) is 9.51. The Morgan fingerprint density at radius 2 is 2.03 bits per heavy atom. The van der Waals surface area contributed by atoms with Gasteiger partial charge in [-0.3, -0.25) is 4.79 Å². The molecule has 3 rings (SSSR count). The minimum atomic E-state index is -4.40. The third kappa shape index (κ3) is 6.28. The Labute approximate surface area is 166 Å². The SMILES string of the molecule is CC1(C)CC(NC(=O)CCc2nnc(Cc3cccc(C(F)(F)F)c3)o2)CCO1. The fourth-order valence-corrected chi connectivity index (χ4v) is 3.37. The molecule has 1 aromatic carbocycles. The van der Waals surface area contributed by atoms with Crippen LogP contribution in [-0.4, -0.2) is 34.4 Å². The molecule has 158 valence electrons. The van der Waals surface area contributed by atoms with Crippen LogP contribution in [-0.2, 0) is 28.5 Å². The number of rotatable bonds is 6. The summed E-state index contributed by atoms with van der Waals surface area (Å²) in [5, 5.41) is 10.8. The van der Waals surface area contributed by atoms with Crippen LogP contribution in [0.5, 0.6) is 0 Å². The summed E-state index contributed by atoms with van der Waals surface area (Å²) < 4.78 is 49.5. The third-order valence-corrected chi connectivity index (χ3v) is 4.75. The number of aromatic nitrogens is 2. The lowest BCUT2D eigenvalue weighted by Crippen LogP contribution is -2.45. The van der Waals surface area contributed by atoms with Crippen LogP contribution in [0, 0.1) is 0 Å². The highest BCUT2D eigenvalue weighted by molar-refractivity contribution is 5.76. The van der Waals surface area contributed by atoms with Gasteiger partial charge in [0.25, 0.3) is 0 Å². The highest BCUT2D eigenvalue weighted by Crippen LogP contribution is 2.30. The van der Waals surface area contributed by atoms with E-state index in [4.69, 9.17) is 9.15 Å². The number of carbonyl (C=O) groups excluding carboxylic acids is 1. The lowest BCUT2D eigenvalue weighted by molar-refractivity contribution is -0.137. The second-order valence-corrected chi connectivity index (χ2v) is 7.83. The standard InChI is InChI=1S/C20H24F3N3O3/c1-19(2)12-15(8-9-28-19)24-16(27)6-7-17-25-26-18(29-17)11-13-4-3-5-14(10-13)20(21,22)23/h3-5,10,15H,6-9,11-12H2,1-2H3,(H,24,27). The second-order valence-electron chi connectivity index (χ2n) is 7.83. The summed E-state index contributed by atoms with van der Waals surface area (Å²) in [6.45, 7) is 4.60. The Morgan fingerprint density at radius 1 is 1.28 bits per heavy atom. The number of hydrogen-bond acceptors (Lipinski definition) is 5. The zero-order valence-corrected chi connectivity index (χ0v) is 16.4. The number of nitrogens with zero attached hydrogens (tertiary/aromatic N) is 2. The van der Waals surface area contributed by atoms with Crippen LogP contribution in [0.2, 0.25) is 0 Å². The first-order chi connectivity index (χ1) is 13.6. The summed E-state index contributed by atoms with van der Waals surface area (Å²) >= 11 is 0. The fourth-order valence-electron chi connectivity index (χ4n) is 3.37. The Balaban J connectivity index is 1.50. The van der Waals surface area contributed by atoms with Gasteiger partial charge < -0.3 is 14.5 Å². The number of amides is 1. The van der Waals surface area contributed by atoms with Crippen LogP contribution in [0.15, 0.2) is 28.7 Å². The van der Waals surface area contributed by atoms with E-state index < -0.39 is 11.7 Å². The normalized spacial score (nSPS) is 19.1. The number of nitrogens with one attached hydrogen (secondary N) is 1. The molecule has 0 bridgehead atoms. The maximum Gasteiger partial charge on any atom is 0.416 e. The summed E-state index contributed by atoms with van der Waals surface area (Å²) in [5.41, 5.74) is -0.543. The average Bonchev–Trinajstić information content (AvgIpc) is 3.06. The smallest absolute Gasteiger partial charge is 0.416 e. The van der Waals surface area contributed by atoms with Gasteiger partial charge in [-0.25, -0.2) is 0 Å². The van der Waals surface area contributed by atoms with Gasteiger partial charge in [-0.15, -0.1) is 10.2 Å². The molecule has 1 aliphatic heterocycles. The summed E-state index contributed by atoms with van der Waals surface area (Å²) in [5.74, 6) is 0.394. The van der Waals surface area contributed by atoms with Crippen LogP contribution in [0.3, 0.4) is 0 Å². The van der Waals surface area contributed by atoms with Crippen molar-refractivity contribution in [2.24, 2.45) is 0 Å². The van der Waals surface area contributed by atoms with Gasteiger partial charge in [0.1, 0.15) is 0 Å². The van der Waals surface area contributed by atoms with Crippen molar-refractivity contribution >= 4 is 5.91 Å². The van der Waals surface area contributed by atoms with E-state index in [1.807, 2.05) is 13.8 Å². The van der Waals surface area contributed by atoms with Crippen molar-refractivity contribution < 1.29 is 27.1 Å². The maximum absolute atomic E-state index is 12.8. The lowest BCUT2D eigenvalue weighted by atomic mass is 9.94. The molecule has 0 spiro atoms. The predicted molar refractivity (Wildman–Crippen MR) is 98.1 cm³/mol. The highest BCUT2D eigenvalue weighted by atomic mass is 19.4. The quantitative estimate of drug-likeness (QED) is 0.785. The van der Waals surface area contributed by atoms with Gasteiger partial charge in [-0.2, -0.15) is 13.2 Å². The third-order valence-electron chi connectivity index (χ3n) is 4.75. The van der Waals surface area contributed by atoms with Gasteiger partial charge in [0.15, 0.2) is 0 Å². The number of carbonyl (C=O) groups is 1. The van der Waals surface area contributed by atoms with Crippen molar-refractivity contribution in [2.75, 3.05) is 6.61 Å². The van der Waals surface area contributed by atoms with Crippen LogP contribution in [0.4, 0.5) is 13.2 Å². The van der Waals surface area contributed by atoms with Crippen molar-refractivity contribution in [1.82, 2.24) is 15.5 Å². The van der Waals surface area contributed by atoms with Gasteiger partial charge in [-0.05, 0) is 38.3 Å². The fraction of sp³-hybridized carbons (Fsp3) is 0.550. The van der Waals surface area contributed by atoms with Gasteiger partial charge in [0.05, 0.1) is 17.6 Å².